The summed E-state index contributed by atoms with van der Waals surface area (Å²) in [5.74, 6) is 0.174. The molecule has 7 heteroatoms. The molecule has 1 heterocycles. The van der Waals surface area contributed by atoms with E-state index in [-0.39, 0.29) is 11.8 Å². The molecule has 0 aromatic carbocycles. The van der Waals surface area contributed by atoms with Gasteiger partial charge in [0.25, 0.3) is 0 Å². The summed E-state index contributed by atoms with van der Waals surface area (Å²) in [6, 6.07) is -0.0462. The van der Waals surface area contributed by atoms with Crippen molar-refractivity contribution >= 4 is 21.2 Å². The van der Waals surface area contributed by atoms with Crippen molar-refractivity contribution in [1.29, 1.82) is 0 Å². The SMILES string of the molecule is CC(N)c1nc(CN(C)CCS(C)(=O)=O)cs1. The maximum Gasteiger partial charge on any atom is 0.148 e. The molecule has 0 amide bonds. The van der Waals surface area contributed by atoms with Gasteiger partial charge in [-0.1, -0.05) is 0 Å². The van der Waals surface area contributed by atoms with Crippen LogP contribution in [0.5, 0.6) is 0 Å². The minimum atomic E-state index is -2.90. The molecule has 0 spiro atoms. The van der Waals surface area contributed by atoms with Crippen molar-refractivity contribution in [3.8, 4) is 0 Å². The molecule has 5 nitrogen and oxygen atoms in total. The van der Waals surface area contributed by atoms with E-state index in [1.807, 2.05) is 24.3 Å². The van der Waals surface area contributed by atoms with Gasteiger partial charge in [-0.3, -0.25) is 4.90 Å². The van der Waals surface area contributed by atoms with Gasteiger partial charge in [-0.15, -0.1) is 11.3 Å². The Balaban J connectivity index is 2.47. The summed E-state index contributed by atoms with van der Waals surface area (Å²) >= 11 is 1.54. The van der Waals surface area contributed by atoms with Crippen molar-refractivity contribution in [3.63, 3.8) is 0 Å². The number of hydrogen-bond acceptors (Lipinski definition) is 6. The van der Waals surface area contributed by atoms with E-state index in [1.54, 1.807) is 11.3 Å². The first-order valence-corrected chi connectivity index (χ1v) is 8.28. The van der Waals surface area contributed by atoms with E-state index in [4.69, 9.17) is 5.73 Å². The minimum absolute atomic E-state index is 0.0462. The third-order valence-corrected chi connectivity index (χ3v) is 4.25. The predicted octanol–water partition coefficient (Wildman–Crippen LogP) is 0.639. The molecule has 0 saturated carbocycles. The van der Waals surface area contributed by atoms with Gasteiger partial charge in [-0.05, 0) is 14.0 Å². The van der Waals surface area contributed by atoms with E-state index in [9.17, 15) is 8.42 Å². The van der Waals surface area contributed by atoms with Gasteiger partial charge < -0.3 is 5.73 Å². The summed E-state index contributed by atoms with van der Waals surface area (Å²) in [5, 5.41) is 2.88. The first-order valence-electron chi connectivity index (χ1n) is 5.34. The Morgan fingerprint density at radius 1 is 1.59 bits per heavy atom. The molecular formula is C10H19N3O2S2. The van der Waals surface area contributed by atoms with Crippen LogP contribution in [-0.4, -0.2) is 43.9 Å². The number of thiazole rings is 1. The Morgan fingerprint density at radius 3 is 2.71 bits per heavy atom. The van der Waals surface area contributed by atoms with E-state index < -0.39 is 9.84 Å². The molecule has 1 atom stereocenters. The van der Waals surface area contributed by atoms with Gasteiger partial charge >= 0.3 is 0 Å². The van der Waals surface area contributed by atoms with E-state index in [2.05, 4.69) is 4.98 Å². The summed E-state index contributed by atoms with van der Waals surface area (Å²) in [6.07, 6.45) is 1.25. The van der Waals surface area contributed by atoms with Crippen LogP contribution in [0.1, 0.15) is 23.7 Å². The van der Waals surface area contributed by atoms with Crippen LogP contribution in [0.3, 0.4) is 0 Å². The normalized spacial score (nSPS) is 14.2. The maximum atomic E-state index is 11.0. The fourth-order valence-corrected chi connectivity index (χ4v) is 2.69. The quantitative estimate of drug-likeness (QED) is 0.826. The van der Waals surface area contributed by atoms with E-state index in [1.165, 1.54) is 6.26 Å². The lowest BCUT2D eigenvalue weighted by Crippen LogP contribution is -2.25. The zero-order chi connectivity index (χ0) is 13.1. The largest absolute Gasteiger partial charge is 0.322 e. The van der Waals surface area contributed by atoms with Crippen LogP contribution in [0.25, 0.3) is 0 Å². The van der Waals surface area contributed by atoms with Crippen LogP contribution in [0.15, 0.2) is 5.38 Å². The number of rotatable bonds is 6. The molecule has 0 aliphatic heterocycles. The van der Waals surface area contributed by atoms with Gasteiger partial charge in [0.15, 0.2) is 0 Å². The van der Waals surface area contributed by atoms with Crippen molar-refractivity contribution < 1.29 is 8.42 Å². The van der Waals surface area contributed by atoms with Gasteiger partial charge in [0.05, 0.1) is 17.5 Å². The van der Waals surface area contributed by atoms with E-state index >= 15 is 0 Å². The minimum Gasteiger partial charge on any atom is -0.322 e. The van der Waals surface area contributed by atoms with Crippen molar-refractivity contribution in [2.24, 2.45) is 5.73 Å². The standard InChI is InChI=1S/C10H19N3O2S2/c1-8(11)10-12-9(7-16-10)6-13(2)4-5-17(3,14)15/h7-8H,4-6,11H2,1-3H3. The van der Waals surface area contributed by atoms with Gasteiger partial charge in [0, 0.05) is 24.7 Å². The number of nitrogens with two attached hydrogens (primary N) is 1. The highest BCUT2D eigenvalue weighted by Crippen LogP contribution is 2.16. The van der Waals surface area contributed by atoms with Crippen LogP contribution < -0.4 is 5.73 Å². The third-order valence-electron chi connectivity index (χ3n) is 2.23. The summed E-state index contributed by atoms with van der Waals surface area (Å²) < 4.78 is 22.0. The lowest BCUT2D eigenvalue weighted by Gasteiger charge is -2.14. The molecule has 0 radical (unpaired) electrons. The monoisotopic (exact) mass is 277 g/mol. The third kappa shape index (κ3) is 5.58. The van der Waals surface area contributed by atoms with E-state index in [0.29, 0.717) is 13.1 Å². The molecule has 1 aromatic rings. The van der Waals surface area contributed by atoms with Crippen molar-refractivity contribution in [2.45, 2.75) is 19.5 Å². The van der Waals surface area contributed by atoms with Gasteiger partial charge in [-0.25, -0.2) is 13.4 Å². The van der Waals surface area contributed by atoms with Gasteiger partial charge in [0.2, 0.25) is 0 Å². The second kappa shape index (κ2) is 5.90. The van der Waals surface area contributed by atoms with Crippen molar-refractivity contribution in [3.05, 3.63) is 16.1 Å². The van der Waals surface area contributed by atoms with Crippen molar-refractivity contribution in [1.82, 2.24) is 9.88 Å². The number of aromatic nitrogens is 1. The van der Waals surface area contributed by atoms with Gasteiger partial charge in [-0.2, -0.15) is 0 Å². The number of sulfone groups is 1. The van der Waals surface area contributed by atoms with Crippen LogP contribution in [0, 0.1) is 0 Å². The molecule has 98 valence electrons. The Kier molecular flexibility index (Phi) is 5.05. The summed E-state index contributed by atoms with van der Waals surface area (Å²) in [6.45, 7) is 3.07. The Labute approximate surface area is 107 Å². The highest BCUT2D eigenvalue weighted by Gasteiger charge is 2.09. The lowest BCUT2D eigenvalue weighted by molar-refractivity contribution is 0.342. The molecule has 1 aromatic heterocycles. The predicted molar refractivity (Wildman–Crippen MR) is 70.8 cm³/mol. The molecular weight excluding hydrogens is 258 g/mol. The average molecular weight is 277 g/mol. The fraction of sp³-hybridized carbons (Fsp3) is 0.700. The van der Waals surface area contributed by atoms with Crippen LogP contribution >= 0.6 is 11.3 Å². The second-order valence-corrected chi connectivity index (χ2v) is 7.48. The summed E-state index contributed by atoms with van der Waals surface area (Å²) in [5.41, 5.74) is 6.67. The molecule has 0 bridgehead atoms. The smallest absolute Gasteiger partial charge is 0.148 e. The van der Waals surface area contributed by atoms with Crippen LogP contribution in [0.2, 0.25) is 0 Å². The molecule has 0 aliphatic rings. The first kappa shape index (κ1) is 14.6. The zero-order valence-corrected chi connectivity index (χ0v) is 12.0. The zero-order valence-electron chi connectivity index (χ0n) is 10.4. The number of nitrogens with zero attached hydrogens (tertiary/aromatic N) is 2. The molecule has 1 rings (SSSR count). The molecule has 17 heavy (non-hydrogen) atoms. The highest BCUT2D eigenvalue weighted by molar-refractivity contribution is 7.90. The Hall–Kier alpha value is -0.500. The molecule has 0 fully saturated rings. The fourth-order valence-electron chi connectivity index (χ4n) is 1.28. The maximum absolute atomic E-state index is 11.0. The highest BCUT2D eigenvalue weighted by atomic mass is 32.2. The topological polar surface area (TPSA) is 76.3 Å². The molecule has 0 saturated heterocycles. The van der Waals surface area contributed by atoms with Crippen LogP contribution in [0.4, 0.5) is 0 Å². The average Bonchev–Trinajstić information content (AvgIpc) is 2.62. The number of hydrogen-bond donors (Lipinski definition) is 1. The molecule has 0 aliphatic carbocycles. The van der Waals surface area contributed by atoms with Gasteiger partial charge in [0.1, 0.15) is 14.8 Å². The Morgan fingerprint density at radius 2 is 2.24 bits per heavy atom. The summed E-state index contributed by atoms with van der Waals surface area (Å²) in [4.78, 5) is 6.34. The lowest BCUT2D eigenvalue weighted by atomic mass is 10.4. The first-order chi connectivity index (χ1) is 7.78. The molecule has 2 N–H and O–H groups in total. The van der Waals surface area contributed by atoms with E-state index in [0.717, 1.165) is 10.7 Å². The summed E-state index contributed by atoms with van der Waals surface area (Å²) in [7, 11) is -1.01. The van der Waals surface area contributed by atoms with Crippen molar-refractivity contribution in [2.75, 3.05) is 25.6 Å². The Bertz CT molecular complexity index is 454. The second-order valence-electron chi connectivity index (χ2n) is 4.33. The molecule has 1 unspecified atom stereocenters. The van der Waals surface area contributed by atoms with Crippen LogP contribution in [-0.2, 0) is 16.4 Å².